The van der Waals surface area contributed by atoms with E-state index in [4.69, 9.17) is 0 Å². The molecule has 0 unspecified atom stereocenters. The number of anilines is 1. The SMILES string of the molecule is Cc1cc2n(n1)[C@@H](C(F)F)C[C@H](c1cn(C)nc1C)N2. The number of hydrogen-bond donors (Lipinski definition) is 1. The highest BCUT2D eigenvalue weighted by atomic mass is 19.3. The van der Waals surface area contributed by atoms with Gasteiger partial charge >= 0.3 is 0 Å². The zero-order valence-electron chi connectivity index (χ0n) is 11.6. The Hall–Kier alpha value is -1.92. The van der Waals surface area contributed by atoms with Crippen molar-refractivity contribution in [1.82, 2.24) is 19.6 Å². The molecule has 0 saturated carbocycles. The molecule has 0 amide bonds. The van der Waals surface area contributed by atoms with E-state index < -0.39 is 12.5 Å². The molecule has 1 aliphatic rings. The molecule has 3 heterocycles. The molecular formula is C13H17F2N5. The summed E-state index contributed by atoms with van der Waals surface area (Å²) < 4.78 is 29.7. The van der Waals surface area contributed by atoms with Crippen LogP contribution in [0.3, 0.4) is 0 Å². The van der Waals surface area contributed by atoms with Gasteiger partial charge in [-0.3, -0.25) is 4.68 Å². The van der Waals surface area contributed by atoms with Gasteiger partial charge in [-0.2, -0.15) is 10.2 Å². The molecule has 0 radical (unpaired) electrons. The van der Waals surface area contributed by atoms with Crippen LogP contribution in [-0.2, 0) is 7.05 Å². The number of rotatable bonds is 2. The van der Waals surface area contributed by atoms with E-state index in [0.29, 0.717) is 12.2 Å². The highest BCUT2D eigenvalue weighted by molar-refractivity contribution is 5.43. The smallest absolute Gasteiger partial charge is 0.260 e. The minimum Gasteiger partial charge on any atom is -0.363 e. The van der Waals surface area contributed by atoms with Crippen LogP contribution in [0.25, 0.3) is 0 Å². The topological polar surface area (TPSA) is 47.7 Å². The number of nitrogens with zero attached hydrogens (tertiary/aromatic N) is 4. The van der Waals surface area contributed by atoms with Gasteiger partial charge in [0, 0.05) is 24.9 Å². The second-order valence-electron chi connectivity index (χ2n) is 5.29. The van der Waals surface area contributed by atoms with E-state index in [1.54, 1.807) is 17.7 Å². The number of halogens is 2. The molecule has 0 aliphatic carbocycles. The van der Waals surface area contributed by atoms with Crippen LogP contribution in [-0.4, -0.2) is 26.0 Å². The number of alkyl halides is 2. The fraction of sp³-hybridized carbons (Fsp3) is 0.538. The maximum atomic E-state index is 13.3. The Kier molecular flexibility index (Phi) is 2.99. The number of nitrogens with one attached hydrogen (secondary N) is 1. The quantitative estimate of drug-likeness (QED) is 0.920. The van der Waals surface area contributed by atoms with Gasteiger partial charge in [-0.25, -0.2) is 13.5 Å². The Labute approximate surface area is 115 Å². The van der Waals surface area contributed by atoms with Crippen LogP contribution in [0, 0.1) is 13.8 Å². The van der Waals surface area contributed by atoms with Gasteiger partial charge in [0.25, 0.3) is 6.43 Å². The summed E-state index contributed by atoms with van der Waals surface area (Å²) in [5.41, 5.74) is 2.56. The van der Waals surface area contributed by atoms with E-state index in [0.717, 1.165) is 17.0 Å². The molecule has 20 heavy (non-hydrogen) atoms. The maximum Gasteiger partial charge on any atom is 0.260 e. The minimum atomic E-state index is -2.44. The van der Waals surface area contributed by atoms with E-state index in [-0.39, 0.29) is 6.04 Å². The molecule has 108 valence electrons. The summed E-state index contributed by atoms with van der Waals surface area (Å²) in [6.07, 6.45) is -0.248. The van der Waals surface area contributed by atoms with Crippen molar-refractivity contribution < 1.29 is 8.78 Å². The number of aromatic nitrogens is 4. The molecule has 1 N–H and O–H groups in total. The molecule has 2 atom stereocenters. The molecule has 0 fully saturated rings. The molecule has 7 heteroatoms. The Balaban J connectivity index is 1.99. The van der Waals surface area contributed by atoms with Crippen molar-refractivity contribution in [2.75, 3.05) is 5.32 Å². The molecule has 3 rings (SSSR count). The second-order valence-corrected chi connectivity index (χ2v) is 5.29. The van der Waals surface area contributed by atoms with Crippen LogP contribution >= 0.6 is 0 Å². The second kappa shape index (κ2) is 4.57. The first kappa shape index (κ1) is 13.1. The Morgan fingerprint density at radius 1 is 1.35 bits per heavy atom. The van der Waals surface area contributed by atoms with Crippen LogP contribution < -0.4 is 5.32 Å². The van der Waals surface area contributed by atoms with Gasteiger partial charge in [0.15, 0.2) is 0 Å². The van der Waals surface area contributed by atoms with Crippen LogP contribution in [0.2, 0.25) is 0 Å². The van der Waals surface area contributed by atoms with Crippen LogP contribution in [0.15, 0.2) is 12.3 Å². The normalized spacial score (nSPS) is 21.9. The van der Waals surface area contributed by atoms with E-state index in [2.05, 4.69) is 15.5 Å². The average Bonchev–Trinajstić information content (AvgIpc) is 2.88. The third-order valence-electron chi connectivity index (χ3n) is 3.69. The highest BCUT2D eigenvalue weighted by Gasteiger charge is 2.35. The summed E-state index contributed by atoms with van der Waals surface area (Å²) in [6, 6.07) is 0.739. The monoisotopic (exact) mass is 281 g/mol. The lowest BCUT2D eigenvalue weighted by Crippen LogP contribution is -2.31. The van der Waals surface area contributed by atoms with Crippen molar-refractivity contribution in [3.8, 4) is 0 Å². The molecule has 0 saturated heterocycles. The third kappa shape index (κ3) is 2.07. The Morgan fingerprint density at radius 3 is 2.70 bits per heavy atom. The minimum absolute atomic E-state index is 0.161. The lowest BCUT2D eigenvalue weighted by Gasteiger charge is -2.31. The Morgan fingerprint density at radius 2 is 2.10 bits per heavy atom. The molecule has 0 aromatic carbocycles. The van der Waals surface area contributed by atoms with Gasteiger partial charge in [0.1, 0.15) is 11.9 Å². The zero-order valence-corrected chi connectivity index (χ0v) is 11.6. The maximum absolute atomic E-state index is 13.3. The number of aryl methyl sites for hydroxylation is 3. The molecule has 2 aromatic rings. The van der Waals surface area contributed by atoms with Crippen molar-refractivity contribution in [2.24, 2.45) is 7.05 Å². The van der Waals surface area contributed by atoms with Crippen molar-refractivity contribution in [1.29, 1.82) is 0 Å². The first-order valence-corrected chi connectivity index (χ1v) is 6.56. The standard InChI is InChI=1S/C13H17F2N5/c1-7-4-12-16-10(9-6-19(3)18-8(9)2)5-11(13(14)15)20(12)17-7/h4,6,10-11,13,16H,5H2,1-3H3/t10-,11-/m1/s1. The summed E-state index contributed by atoms with van der Waals surface area (Å²) in [4.78, 5) is 0. The molecule has 0 spiro atoms. The van der Waals surface area contributed by atoms with Crippen LogP contribution in [0.5, 0.6) is 0 Å². The number of fused-ring (bicyclic) bond motifs is 1. The van der Waals surface area contributed by atoms with Crippen molar-refractivity contribution in [3.63, 3.8) is 0 Å². The van der Waals surface area contributed by atoms with Gasteiger partial charge in [0.05, 0.1) is 17.4 Å². The van der Waals surface area contributed by atoms with Crippen molar-refractivity contribution in [2.45, 2.75) is 38.8 Å². The summed E-state index contributed by atoms with van der Waals surface area (Å²) in [7, 11) is 1.83. The van der Waals surface area contributed by atoms with Crippen molar-refractivity contribution >= 4 is 5.82 Å². The van der Waals surface area contributed by atoms with E-state index >= 15 is 0 Å². The summed E-state index contributed by atoms with van der Waals surface area (Å²) in [6.45, 7) is 3.70. The first-order chi connectivity index (χ1) is 9.45. The predicted octanol–water partition coefficient (Wildman–Crippen LogP) is 2.60. The van der Waals surface area contributed by atoms with E-state index in [9.17, 15) is 8.78 Å². The predicted molar refractivity (Wildman–Crippen MR) is 70.9 cm³/mol. The van der Waals surface area contributed by atoms with Gasteiger partial charge in [-0.15, -0.1) is 0 Å². The van der Waals surface area contributed by atoms with Gasteiger partial charge in [-0.05, 0) is 20.3 Å². The van der Waals surface area contributed by atoms with E-state index in [1.165, 1.54) is 4.68 Å². The number of hydrogen-bond acceptors (Lipinski definition) is 3. The third-order valence-corrected chi connectivity index (χ3v) is 3.69. The zero-order chi connectivity index (χ0) is 14.4. The molecular weight excluding hydrogens is 264 g/mol. The van der Waals surface area contributed by atoms with E-state index in [1.807, 2.05) is 20.2 Å². The molecule has 1 aliphatic heterocycles. The lowest BCUT2D eigenvalue weighted by molar-refractivity contribution is 0.0657. The van der Waals surface area contributed by atoms with Gasteiger partial charge < -0.3 is 5.32 Å². The fourth-order valence-corrected chi connectivity index (χ4v) is 2.83. The van der Waals surface area contributed by atoms with Crippen LogP contribution in [0.1, 0.15) is 35.5 Å². The lowest BCUT2D eigenvalue weighted by atomic mass is 9.98. The molecule has 0 bridgehead atoms. The Bertz CT molecular complexity index is 631. The van der Waals surface area contributed by atoms with Crippen LogP contribution in [0.4, 0.5) is 14.6 Å². The largest absolute Gasteiger partial charge is 0.363 e. The van der Waals surface area contributed by atoms with Crippen molar-refractivity contribution in [3.05, 3.63) is 29.2 Å². The van der Waals surface area contributed by atoms with Gasteiger partial charge in [-0.1, -0.05) is 0 Å². The summed E-state index contributed by atoms with van der Waals surface area (Å²) in [5.74, 6) is 0.646. The first-order valence-electron chi connectivity index (χ1n) is 6.56. The molecule has 2 aromatic heterocycles. The summed E-state index contributed by atoms with van der Waals surface area (Å²) in [5, 5.41) is 11.7. The highest BCUT2D eigenvalue weighted by Crippen LogP contribution is 2.38. The average molecular weight is 281 g/mol. The summed E-state index contributed by atoms with van der Waals surface area (Å²) >= 11 is 0. The fourth-order valence-electron chi connectivity index (χ4n) is 2.83. The van der Waals surface area contributed by atoms with Gasteiger partial charge in [0.2, 0.25) is 0 Å². The molecule has 5 nitrogen and oxygen atoms in total.